The highest BCUT2D eigenvalue weighted by molar-refractivity contribution is 7.07. The molecule has 5 rings (SSSR count). The lowest BCUT2D eigenvalue weighted by Crippen LogP contribution is -2.40. The molecule has 3 aromatic rings. The van der Waals surface area contributed by atoms with Crippen molar-refractivity contribution in [3.05, 3.63) is 72.6 Å². The van der Waals surface area contributed by atoms with Crippen molar-refractivity contribution in [1.82, 2.24) is 4.57 Å². The summed E-state index contributed by atoms with van der Waals surface area (Å²) >= 11 is 1.27. The largest absolute Gasteiger partial charge is 0.493 e. The lowest BCUT2D eigenvalue weighted by atomic mass is 9.95. The third-order valence-electron chi connectivity index (χ3n) is 6.87. The van der Waals surface area contributed by atoms with E-state index in [-0.39, 0.29) is 12.2 Å². The van der Waals surface area contributed by atoms with E-state index in [0.717, 1.165) is 31.8 Å². The number of ether oxygens (including phenoxy) is 3. The molecule has 0 amide bonds. The second-order valence-electron chi connectivity index (χ2n) is 9.37. The third-order valence-corrected chi connectivity index (χ3v) is 7.86. The highest BCUT2D eigenvalue weighted by Crippen LogP contribution is 2.36. The summed E-state index contributed by atoms with van der Waals surface area (Å²) in [5, 5.41) is 0. The summed E-state index contributed by atoms with van der Waals surface area (Å²) in [5.74, 6) is 1.99. The molecule has 206 valence electrons. The summed E-state index contributed by atoms with van der Waals surface area (Å²) in [6.45, 7) is 7.98. The number of carbonyl (C=O) groups is 1. The maximum atomic E-state index is 13.9. The Morgan fingerprint density at radius 1 is 1.13 bits per heavy atom. The van der Waals surface area contributed by atoms with Crippen molar-refractivity contribution in [3.63, 3.8) is 0 Å². The number of hydrogen-bond acceptors (Lipinski definition) is 9. The van der Waals surface area contributed by atoms with Crippen LogP contribution in [0.15, 0.2) is 55.8 Å². The van der Waals surface area contributed by atoms with Crippen molar-refractivity contribution >= 4 is 29.3 Å². The van der Waals surface area contributed by atoms with Crippen LogP contribution in [0.25, 0.3) is 6.08 Å². The van der Waals surface area contributed by atoms with Crippen LogP contribution in [0.1, 0.15) is 57.4 Å². The number of aromatic nitrogens is 1. The fraction of sp³-hybridized carbons (Fsp3) is 0.414. The fourth-order valence-electron chi connectivity index (χ4n) is 5.07. The van der Waals surface area contributed by atoms with Crippen molar-refractivity contribution < 1.29 is 23.4 Å². The van der Waals surface area contributed by atoms with Crippen molar-refractivity contribution in [2.45, 2.75) is 46.1 Å². The van der Waals surface area contributed by atoms with E-state index in [1.165, 1.54) is 17.8 Å². The Bertz CT molecular complexity index is 1570. The normalized spacial score (nSPS) is 17.6. The minimum atomic E-state index is -0.743. The number of benzene rings is 1. The quantitative estimate of drug-likeness (QED) is 0.393. The smallest absolute Gasteiger partial charge is 0.338 e. The number of esters is 1. The highest BCUT2D eigenvalue weighted by Gasteiger charge is 2.34. The molecule has 1 saturated heterocycles. The fourth-order valence-corrected chi connectivity index (χ4v) is 6.10. The van der Waals surface area contributed by atoms with Gasteiger partial charge in [-0.05, 0) is 63.8 Å². The van der Waals surface area contributed by atoms with Crippen LogP contribution in [0.3, 0.4) is 0 Å². The van der Waals surface area contributed by atoms with E-state index in [2.05, 4.69) is 9.89 Å². The van der Waals surface area contributed by atoms with Gasteiger partial charge in [0.2, 0.25) is 0 Å². The number of hydrogen-bond donors (Lipinski definition) is 0. The van der Waals surface area contributed by atoms with E-state index in [9.17, 15) is 9.59 Å². The number of furan rings is 1. The number of fused-ring (bicyclic) bond motifs is 1. The third kappa shape index (κ3) is 5.25. The second kappa shape index (κ2) is 11.5. The van der Waals surface area contributed by atoms with Crippen LogP contribution in [-0.4, -0.2) is 43.9 Å². The maximum Gasteiger partial charge on any atom is 0.338 e. The number of nitrogens with zero attached hydrogens (tertiary/aromatic N) is 3. The molecule has 0 unspecified atom stereocenters. The molecule has 0 spiro atoms. The van der Waals surface area contributed by atoms with E-state index >= 15 is 0 Å². The van der Waals surface area contributed by atoms with Gasteiger partial charge in [0, 0.05) is 25.2 Å². The van der Waals surface area contributed by atoms with Gasteiger partial charge in [-0.25, -0.2) is 9.79 Å². The van der Waals surface area contributed by atoms with E-state index < -0.39 is 12.0 Å². The van der Waals surface area contributed by atoms with Crippen LogP contribution >= 0.6 is 11.3 Å². The van der Waals surface area contributed by atoms with Gasteiger partial charge in [0.05, 0.1) is 42.2 Å². The first-order valence-corrected chi connectivity index (χ1v) is 14.1. The number of rotatable bonds is 8. The van der Waals surface area contributed by atoms with Gasteiger partial charge in [0.1, 0.15) is 5.76 Å². The first-order chi connectivity index (χ1) is 18.9. The predicted octanol–water partition coefficient (Wildman–Crippen LogP) is 3.79. The van der Waals surface area contributed by atoms with Gasteiger partial charge in [-0.1, -0.05) is 17.4 Å². The zero-order valence-corrected chi connectivity index (χ0v) is 23.5. The number of carbonyl (C=O) groups excluding carboxylic acids is 1. The van der Waals surface area contributed by atoms with Gasteiger partial charge in [0.15, 0.2) is 22.2 Å². The van der Waals surface area contributed by atoms with Crippen molar-refractivity contribution in [2.75, 3.05) is 38.3 Å². The Hall–Kier alpha value is -3.79. The zero-order valence-electron chi connectivity index (χ0n) is 22.7. The van der Waals surface area contributed by atoms with Crippen LogP contribution < -0.4 is 29.3 Å². The molecule has 0 radical (unpaired) electrons. The molecule has 0 saturated carbocycles. The van der Waals surface area contributed by atoms with E-state index in [1.54, 1.807) is 43.7 Å². The summed E-state index contributed by atoms with van der Waals surface area (Å²) in [7, 11) is 1.57. The van der Waals surface area contributed by atoms with Gasteiger partial charge in [-0.3, -0.25) is 9.36 Å². The molecule has 1 fully saturated rings. The highest BCUT2D eigenvalue weighted by atomic mass is 32.1. The van der Waals surface area contributed by atoms with Crippen molar-refractivity contribution in [2.24, 2.45) is 4.99 Å². The summed E-state index contributed by atoms with van der Waals surface area (Å²) < 4.78 is 24.8. The first-order valence-electron chi connectivity index (χ1n) is 13.3. The van der Waals surface area contributed by atoms with Crippen LogP contribution in [0, 0.1) is 0 Å². The van der Waals surface area contributed by atoms with Gasteiger partial charge in [-0.2, -0.15) is 0 Å². The number of thiazole rings is 1. The molecular weight excluding hydrogens is 518 g/mol. The molecule has 2 aromatic heterocycles. The van der Waals surface area contributed by atoms with E-state index in [1.807, 2.05) is 25.1 Å². The van der Waals surface area contributed by atoms with Crippen molar-refractivity contribution in [1.29, 1.82) is 0 Å². The number of anilines is 1. The number of methoxy groups -OCH3 is 1. The maximum absolute atomic E-state index is 13.9. The van der Waals surface area contributed by atoms with Crippen LogP contribution in [-0.2, 0) is 9.53 Å². The topological polar surface area (TPSA) is 95.5 Å². The van der Waals surface area contributed by atoms with E-state index in [0.29, 0.717) is 50.0 Å². The molecule has 9 nitrogen and oxygen atoms in total. The summed E-state index contributed by atoms with van der Waals surface area (Å²) in [5.41, 5.74) is 1.25. The van der Waals surface area contributed by atoms with Gasteiger partial charge < -0.3 is 23.5 Å². The van der Waals surface area contributed by atoms with Crippen LogP contribution in [0.2, 0.25) is 0 Å². The van der Waals surface area contributed by atoms with Crippen LogP contribution in [0.5, 0.6) is 11.5 Å². The average Bonchev–Trinajstić information content (AvgIpc) is 3.53. The van der Waals surface area contributed by atoms with E-state index in [4.69, 9.17) is 18.6 Å². The van der Waals surface area contributed by atoms with Gasteiger partial charge in [0.25, 0.3) is 5.56 Å². The standard InChI is InChI=1S/C29H33N3O6S/c1-5-36-22-16-19(10-12-21(22)35-4)26-25(28(34)37-6-2)18(3)30-29-32(26)27(33)23(39-29)17-20-11-13-24(38-20)31-14-8-7-9-15-31/h10-13,16-17,26H,5-9,14-15H2,1-4H3/t26-/m1/s1. The number of piperidine rings is 1. The predicted molar refractivity (Wildman–Crippen MR) is 149 cm³/mol. The Labute approximate surface area is 230 Å². The summed E-state index contributed by atoms with van der Waals surface area (Å²) in [6, 6.07) is 8.50. The summed E-state index contributed by atoms with van der Waals surface area (Å²) in [4.78, 5) is 34.4. The first kappa shape index (κ1) is 26.8. The lowest BCUT2D eigenvalue weighted by molar-refractivity contribution is -0.139. The molecule has 4 heterocycles. The second-order valence-corrected chi connectivity index (χ2v) is 10.4. The lowest BCUT2D eigenvalue weighted by Gasteiger charge is -2.25. The summed E-state index contributed by atoms with van der Waals surface area (Å²) in [6.07, 6.45) is 5.28. The molecule has 0 bridgehead atoms. The Kier molecular flexibility index (Phi) is 7.92. The molecule has 1 atom stereocenters. The Morgan fingerprint density at radius 3 is 2.64 bits per heavy atom. The Morgan fingerprint density at radius 2 is 1.92 bits per heavy atom. The van der Waals surface area contributed by atoms with Crippen molar-refractivity contribution in [3.8, 4) is 11.5 Å². The molecule has 2 aliphatic heterocycles. The molecular formula is C29H33N3O6S. The minimum Gasteiger partial charge on any atom is -0.493 e. The Balaban J connectivity index is 1.63. The molecule has 2 aliphatic rings. The zero-order chi connectivity index (χ0) is 27.5. The SMILES string of the molecule is CCOC(=O)C1=C(C)N=c2sc(=Cc3ccc(N4CCCCC4)o3)c(=O)n2[C@@H]1c1ccc(OC)c(OCC)c1. The van der Waals surface area contributed by atoms with Crippen LogP contribution in [0.4, 0.5) is 5.88 Å². The molecule has 1 aromatic carbocycles. The van der Waals surface area contributed by atoms with Gasteiger partial charge >= 0.3 is 5.97 Å². The molecule has 10 heteroatoms. The molecule has 0 aliphatic carbocycles. The average molecular weight is 552 g/mol. The molecule has 39 heavy (non-hydrogen) atoms. The molecule has 0 N–H and O–H groups in total. The van der Waals surface area contributed by atoms with Gasteiger partial charge in [-0.15, -0.1) is 0 Å². The monoisotopic (exact) mass is 551 g/mol. The number of allylic oxidation sites excluding steroid dienone is 1. The minimum absolute atomic E-state index is 0.206.